The number of amides is 1. The molecule has 0 fully saturated rings. The van der Waals surface area contributed by atoms with E-state index in [0.29, 0.717) is 27.5 Å². The number of carbonyl (C=O) groups is 1. The Kier molecular flexibility index (Phi) is 6.79. The predicted octanol–water partition coefficient (Wildman–Crippen LogP) is 4.95. The van der Waals surface area contributed by atoms with E-state index >= 15 is 0 Å². The van der Waals surface area contributed by atoms with Gasteiger partial charge in [0.2, 0.25) is 0 Å². The number of hydrogen-bond acceptors (Lipinski definition) is 4. The van der Waals surface area contributed by atoms with Crippen LogP contribution in [0.2, 0.25) is 0 Å². The average Bonchev–Trinajstić information content (AvgIpc) is 2.74. The Morgan fingerprint density at radius 1 is 1.03 bits per heavy atom. The summed E-state index contributed by atoms with van der Waals surface area (Å²) in [6.07, 6.45) is 1.49. The molecule has 0 radical (unpaired) electrons. The monoisotopic (exact) mass is 431 g/mol. The molecule has 0 spiro atoms. The van der Waals surface area contributed by atoms with Gasteiger partial charge in [-0.15, -0.1) is 0 Å². The Morgan fingerprint density at radius 2 is 1.73 bits per heavy atom. The van der Waals surface area contributed by atoms with Gasteiger partial charge in [0.25, 0.3) is 5.91 Å². The van der Waals surface area contributed by atoms with Gasteiger partial charge in [-0.1, -0.05) is 24.3 Å². The van der Waals surface area contributed by atoms with Crippen LogP contribution in [-0.4, -0.2) is 30.1 Å². The molecule has 0 aliphatic carbocycles. The number of nitrogens with one attached hydrogen (secondary N) is 1. The highest BCUT2D eigenvalue weighted by molar-refractivity contribution is 7.84. The molecular formula is C22H19F2NO4S. The fraction of sp³-hybridized carbons (Fsp3) is 0.136. The summed E-state index contributed by atoms with van der Waals surface area (Å²) >= 11 is 0. The quantitative estimate of drug-likeness (QED) is 0.575. The fourth-order valence-electron chi connectivity index (χ4n) is 2.91. The lowest BCUT2D eigenvalue weighted by atomic mass is 10.0. The molecule has 0 heterocycles. The third kappa shape index (κ3) is 5.01. The van der Waals surface area contributed by atoms with Crippen molar-refractivity contribution < 1.29 is 27.3 Å². The minimum atomic E-state index is -2.99. The van der Waals surface area contributed by atoms with Gasteiger partial charge >= 0.3 is 6.61 Å². The van der Waals surface area contributed by atoms with Crippen LogP contribution in [-0.2, 0) is 10.8 Å². The van der Waals surface area contributed by atoms with Crippen LogP contribution in [0.4, 0.5) is 14.5 Å². The van der Waals surface area contributed by atoms with Gasteiger partial charge in [-0.3, -0.25) is 9.00 Å². The van der Waals surface area contributed by atoms with Gasteiger partial charge in [-0.2, -0.15) is 8.78 Å². The predicted molar refractivity (Wildman–Crippen MR) is 112 cm³/mol. The van der Waals surface area contributed by atoms with Crippen LogP contribution < -0.4 is 14.8 Å². The molecule has 0 saturated heterocycles. The second kappa shape index (κ2) is 9.49. The number of alkyl halides is 2. The van der Waals surface area contributed by atoms with E-state index in [4.69, 9.17) is 4.74 Å². The summed E-state index contributed by atoms with van der Waals surface area (Å²) in [7, 11) is 0.183. The molecule has 3 aromatic rings. The largest absolute Gasteiger partial charge is 0.497 e. The van der Waals surface area contributed by atoms with E-state index in [-0.39, 0.29) is 11.3 Å². The zero-order valence-corrected chi connectivity index (χ0v) is 17.0. The smallest absolute Gasteiger partial charge is 0.387 e. The lowest BCUT2D eigenvalue weighted by Gasteiger charge is -2.14. The second-order valence-corrected chi connectivity index (χ2v) is 7.57. The van der Waals surface area contributed by atoms with Crippen molar-refractivity contribution in [3.8, 4) is 22.6 Å². The van der Waals surface area contributed by atoms with Crippen LogP contribution in [0.1, 0.15) is 10.4 Å². The number of hydrogen-bond donors (Lipinski definition) is 1. The molecule has 30 heavy (non-hydrogen) atoms. The Labute approximate surface area is 175 Å². The Hall–Kier alpha value is -3.26. The minimum absolute atomic E-state index is 0.0248. The molecule has 5 nitrogen and oxygen atoms in total. The highest BCUT2D eigenvalue weighted by atomic mass is 32.2. The van der Waals surface area contributed by atoms with Gasteiger partial charge in [0, 0.05) is 17.5 Å². The Balaban J connectivity index is 1.96. The first-order valence-corrected chi connectivity index (χ1v) is 10.4. The van der Waals surface area contributed by atoms with Gasteiger partial charge in [0.1, 0.15) is 11.5 Å². The topological polar surface area (TPSA) is 64.6 Å². The van der Waals surface area contributed by atoms with Crippen LogP contribution in [0.15, 0.2) is 71.6 Å². The summed E-state index contributed by atoms with van der Waals surface area (Å²) in [5.74, 6) is 0.135. The van der Waals surface area contributed by atoms with Crippen molar-refractivity contribution in [2.45, 2.75) is 11.5 Å². The molecule has 3 aromatic carbocycles. The molecule has 0 aliphatic rings. The number of rotatable bonds is 7. The molecule has 0 saturated carbocycles. The molecule has 8 heteroatoms. The fourth-order valence-corrected chi connectivity index (χ4v) is 3.65. The number of carbonyl (C=O) groups excluding carboxylic acids is 1. The van der Waals surface area contributed by atoms with Crippen molar-refractivity contribution in [1.82, 2.24) is 0 Å². The van der Waals surface area contributed by atoms with Crippen molar-refractivity contribution in [3.05, 3.63) is 72.3 Å². The second-order valence-electron chi connectivity index (χ2n) is 6.22. The van der Waals surface area contributed by atoms with Gasteiger partial charge < -0.3 is 14.8 Å². The van der Waals surface area contributed by atoms with Crippen LogP contribution in [0.5, 0.6) is 11.5 Å². The molecular weight excluding hydrogens is 412 g/mol. The number of anilines is 1. The van der Waals surface area contributed by atoms with Crippen LogP contribution in [0.25, 0.3) is 11.1 Å². The van der Waals surface area contributed by atoms with Crippen LogP contribution >= 0.6 is 0 Å². The SMILES string of the molecule is COc1ccc(-c2cc(NC(=O)c3ccccc3S(C)=O)ccc2OC(F)F)cc1. The molecule has 1 N–H and O–H groups in total. The van der Waals surface area contributed by atoms with Crippen LogP contribution in [0, 0.1) is 0 Å². The van der Waals surface area contributed by atoms with Gasteiger partial charge in [-0.05, 0) is 48.0 Å². The molecule has 1 atom stereocenters. The summed E-state index contributed by atoms with van der Waals surface area (Å²) in [4.78, 5) is 13.1. The minimum Gasteiger partial charge on any atom is -0.497 e. The van der Waals surface area contributed by atoms with E-state index in [1.54, 1.807) is 54.6 Å². The van der Waals surface area contributed by atoms with E-state index in [1.165, 1.54) is 25.5 Å². The van der Waals surface area contributed by atoms with E-state index in [2.05, 4.69) is 10.1 Å². The third-order valence-electron chi connectivity index (χ3n) is 4.30. The summed E-state index contributed by atoms with van der Waals surface area (Å²) in [6, 6.07) is 17.7. The summed E-state index contributed by atoms with van der Waals surface area (Å²) < 4.78 is 47.3. The maximum absolute atomic E-state index is 12.8. The van der Waals surface area contributed by atoms with E-state index in [9.17, 15) is 17.8 Å². The summed E-state index contributed by atoms with van der Waals surface area (Å²) in [5.41, 5.74) is 1.64. The zero-order chi connectivity index (χ0) is 21.7. The highest BCUT2D eigenvalue weighted by Crippen LogP contribution is 2.35. The van der Waals surface area contributed by atoms with E-state index in [1.807, 2.05) is 0 Å². The van der Waals surface area contributed by atoms with Crippen molar-refractivity contribution in [3.63, 3.8) is 0 Å². The first-order valence-electron chi connectivity index (χ1n) is 8.86. The normalized spacial score (nSPS) is 11.8. The third-order valence-corrected chi connectivity index (χ3v) is 5.27. The van der Waals surface area contributed by atoms with Crippen LogP contribution in [0.3, 0.4) is 0 Å². The van der Waals surface area contributed by atoms with Crippen molar-refractivity contribution in [2.24, 2.45) is 0 Å². The maximum Gasteiger partial charge on any atom is 0.387 e. The number of methoxy groups -OCH3 is 1. The molecule has 156 valence electrons. The molecule has 3 rings (SSSR count). The zero-order valence-electron chi connectivity index (χ0n) is 16.2. The molecule has 1 amide bonds. The molecule has 0 aliphatic heterocycles. The molecule has 1 unspecified atom stereocenters. The maximum atomic E-state index is 12.8. The average molecular weight is 431 g/mol. The summed E-state index contributed by atoms with van der Waals surface area (Å²) in [5, 5.41) is 2.73. The number of benzene rings is 3. The van der Waals surface area contributed by atoms with E-state index < -0.39 is 23.3 Å². The molecule has 0 aromatic heterocycles. The highest BCUT2D eigenvalue weighted by Gasteiger charge is 2.16. The van der Waals surface area contributed by atoms with Gasteiger partial charge in [0.15, 0.2) is 0 Å². The van der Waals surface area contributed by atoms with Crippen molar-refractivity contribution in [1.29, 1.82) is 0 Å². The Bertz CT molecular complexity index is 1070. The molecule has 0 bridgehead atoms. The number of ether oxygens (including phenoxy) is 2. The Morgan fingerprint density at radius 3 is 2.37 bits per heavy atom. The van der Waals surface area contributed by atoms with Crippen molar-refractivity contribution >= 4 is 22.4 Å². The van der Waals surface area contributed by atoms with E-state index in [0.717, 1.165) is 0 Å². The first-order chi connectivity index (χ1) is 14.4. The number of halogens is 2. The van der Waals surface area contributed by atoms with Gasteiger partial charge in [-0.25, -0.2) is 0 Å². The van der Waals surface area contributed by atoms with Gasteiger partial charge in [0.05, 0.1) is 28.4 Å². The standard InChI is InChI=1S/C22H19F2NO4S/c1-28-16-10-7-14(8-11-16)18-13-15(9-12-19(18)29-22(23)24)25-21(26)17-5-3-4-6-20(17)30(2)27/h3-13,22H,1-2H3,(H,25,26). The first kappa shape index (κ1) is 21.4. The lowest BCUT2D eigenvalue weighted by Crippen LogP contribution is -2.14. The van der Waals surface area contributed by atoms with Crippen molar-refractivity contribution in [2.75, 3.05) is 18.7 Å². The lowest BCUT2D eigenvalue weighted by molar-refractivity contribution is -0.0494. The summed E-state index contributed by atoms with van der Waals surface area (Å²) in [6.45, 7) is -2.99.